The van der Waals surface area contributed by atoms with E-state index in [0.717, 1.165) is 0 Å². The van der Waals surface area contributed by atoms with Crippen molar-refractivity contribution in [1.29, 1.82) is 0 Å². The summed E-state index contributed by atoms with van der Waals surface area (Å²) in [7, 11) is -3.49. The van der Waals surface area contributed by atoms with E-state index >= 15 is 0 Å². The SMILES string of the molecule is O=S(=O)(c1ccccc1)N1C[C@H](CBr)[C@H](CC(Cl)(Cl)Cl)C1. The summed E-state index contributed by atoms with van der Waals surface area (Å²) in [5, 5.41) is 0.680. The van der Waals surface area contributed by atoms with Crippen LogP contribution < -0.4 is 0 Å². The number of benzene rings is 1. The zero-order chi connectivity index (χ0) is 15.7. The lowest BCUT2D eigenvalue weighted by Crippen LogP contribution is -2.29. The van der Waals surface area contributed by atoms with Gasteiger partial charge in [0, 0.05) is 18.4 Å². The van der Waals surface area contributed by atoms with E-state index < -0.39 is 13.8 Å². The van der Waals surface area contributed by atoms with E-state index in [1.807, 2.05) is 0 Å². The predicted molar refractivity (Wildman–Crippen MR) is 90.9 cm³/mol. The van der Waals surface area contributed by atoms with Gasteiger partial charge in [0.1, 0.15) is 0 Å². The molecule has 21 heavy (non-hydrogen) atoms. The largest absolute Gasteiger partial charge is 0.243 e. The van der Waals surface area contributed by atoms with Gasteiger partial charge in [0.2, 0.25) is 10.0 Å². The summed E-state index contributed by atoms with van der Waals surface area (Å²) < 4.78 is 25.4. The predicted octanol–water partition coefficient (Wildman–Crippen LogP) is 4.08. The van der Waals surface area contributed by atoms with Crippen molar-refractivity contribution in [2.45, 2.75) is 15.1 Å². The van der Waals surface area contributed by atoms with Crippen LogP contribution in [0.3, 0.4) is 0 Å². The van der Waals surface area contributed by atoms with Crippen LogP contribution >= 0.6 is 50.7 Å². The highest BCUT2D eigenvalue weighted by atomic mass is 79.9. The smallest absolute Gasteiger partial charge is 0.207 e. The summed E-state index contributed by atoms with van der Waals surface area (Å²) in [6.45, 7) is 0.815. The third-order valence-electron chi connectivity index (χ3n) is 3.62. The molecule has 2 atom stereocenters. The molecule has 1 fully saturated rings. The van der Waals surface area contributed by atoms with Crippen molar-refractivity contribution in [2.24, 2.45) is 11.8 Å². The monoisotopic (exact) mass is 433 g/mol. The molecule has 1 saturated heterocycles. The topological polar surface area (TPSA) is 37.4 Å². The van der Waals surface area contributed by atoms with E-state index in [0.29, 0.717) is 29.7 Å². The van der Waals surface area contributed by atoms with Gasteiger partial charge in [-0.2, -0.15) is 4.31 Å². The third kappa shape index (κ3) is 4.49. The first-order valence-corrected chi connectivity index (χ1v) is 10.1. The Morgan fingerprint density at radius 1 is 1.14 bits per heavy atom. The van der Waals surface area contributed by atoms with Crippen LogP contribution in [0.4, 0.5) is 0 Å². The summed E-state index contributed by atoms with van der Waals surface area (Å²) in [5.74, 6) is 0.162. The van der Waals surface area contributed by atoms with Crippen LogP contribution in [-0.2, 0) is 10.0 Å². The Morgan fingerprint density at radius 2 is 1.71 bits per heavy atom. The molecule has 0 bridgehead atoms. The van der Waals surface area contributed by atoms with Crippen molar-refractivity contribution >= 4 is 60.8 Å². The first kappa shape index (κ1) is 17.8. The fraction of sp³-hybridized carbons (Fsp3) is 0.538. The molecule has 1 aromatic rings. The number of rotatable bonds is 4. The number of nitrogens with zero attached hydrogens (tertiary/aromatic N) is 1. The summed E-state index contributed by atoms with van der Waals surface area (Å²) >= 11 is 21.0. The summed E-state index contributed by atoms with van der Waals surface area (Å²) in [6, 6.07) is 8.41. The highest BCUT2D eigenvalue weighted by molar-refractivity contribution is 9.09. The first-order chi connectivity index (χ1) is 9.74. The van der Waals surface area contributed by atoms with Crippen molar-refractivity contribution in [3.05, 3.63) is 30.3 Å². The number of hydrogen-bond donors (Lipinski definition) is 0. The standard InChI is InChI=1S/C13H15BrCl3NO2S/c14-7-11-9-18(8-10(11)6-13(15,16)17)21(19,20)12-4-2-1-3-5-12/h1-5,10-11H,6-9H2/t10-,11+/m1/s1. The van der Waals surface area contributed by atoms with E-state index in [4.69, 9.17) is 34.8 Å². The van der Waals surface area contributed by atoms with Crippen molar-refractivity contribution in [3.63, 3.8) is 0 Å². The van der Waals surface area contributed by atoms with E-state index in [2.05, 4.69) is 15.9 Å². The molecule has 0 N–H and O–H groups in total. The zero-order valence-corrected chi connectivity index (χ0v) is 15.7. The first-order valence-electron chi connectivity index (χ1n) is 6.42. The second-order valence-corrected chi connectivity index (χ2v) is 10.2. The molecule has 1 aliphatic heterocycles. The minimum Gasteiger partial charge on any atom is -0.207 e. The maximum atomic E-state index is 12.6. The Bertz CT molecular complexity index is 577. The lowest BCUT2D eigenvalue weighted by molar-refractivity contribution is 0.428. The molecule has 1 aromatic carbocycles. The molecule has 0 amide bonds. The maximum absolute atomic E-state index is 12.6. The molecule has 0 radical (unpaired) electrons. The van der Waals surface area contributed by atoms with Crippen molar-refractivity contribution in [1.82, 2.24) is 4.31 Å². The van der Waals surface area contributed by atoms with Gasteiger partial charge < -0.3 is 0 Å². The molecule has 0 unspecified atom stereocenters. The van der Waals surface area contributed by atoms with Gasteiger partial charge in [-0.15, -0.1) is 0 Å². The van der Waals surface area contributed by atoms with Gasteiger partial charge in [-0.1, -0.05) is 68.9 Å². The molecule has 8 heteroatoms. The highest BCUT2D eigenvalue weighted by Gasteiger charge is 2.41. The number of halogens is 4. The maximum Gasteiger partial charge on any atom is 0.243 e. The number of hydrogen-bond acceptors (Lipinski definition) is 2. The molecular weight excluding hydrogens is 420 g/mol. The van der Waals surface area contributed by atoms with Crippen molar-refractivity contribution in [2.75, 3.05) is 18.4 Å². The quantitative estimate of drug-likeness (QED) is 0.669. The van der Waals surface area contributed by atoms with Crippen LogP contribution in [0.1, 0.15) is 6.42 Å². The van der Waals surface area contributed by atoms with Gasteiger partial charge in [0.05, 0.1) is 4.90 Å². The van der Waals surface area contributed by atoms with Crippen LogP contribution in [0, 0.1) is 11.8 Å². The Labute approximate surface area is 148 Å². The number of sulfonamides is 1. The van der Waals surface area contributed by atoms with Crippen LogP contribution in [0.5, 0.6) is 0 Å². The van der Waals surface area contributed by atoms with Gasteiger partial charge >= 0.3 is 0 Å². The van der Waals surface area contributed by atoms with E-state index in [1.54, 1.807) is 30.3 Å². The van der Waals surface area contributed by atoms with Gasteiger partial charge in [0.25, 0.3) is 0 Å². The van der Waals surface area contributed by atoms with Gasteiger partial charge in [-0.05, 0) is 30.4 Å². The van der Waals surface area contributed by atoms with Crippen LogP contribution in [0.15, 0.2) is 35.2 Å². The normalized spacial score (nSPS) is 24.4. The van der Waals surface area contributed by atoms with E-state index in [9.17, 15) is 8.42 Å². The average Bonchev–Trinajstić information content (AvgIpc) is 2.81. The second kappa shape index (κ2) is 6.93. The van der Waals surface area contributed by atoms with Gasteiger partial charge in [-0.3, -0.25) is 0 Å². The Kier molecular flexibility index (Phi) is 5.89. The molecule has 2 rings (SSSR count). The second-order valence-electron chi connectivity index (χ2n) is 5.13. The third-order valence-corrected chi connectivity index (χ3v) is 6.76. The van der Waals surface area contributed by atoms with Crippen LogP contribution in [-0.4, -0.2) is 34.9 Å². The Balaban J connectivity index is 2.19. The molecule has 3 nitrogen and oxygen atoms in total. The van der Waals surface area contributed by atoms with E-state index in [-0.39, 0.29) is 11.8 Å². The summed E-state index contributed by atoms with van der Waals surface area (Å²) in [4.78, 5) is 0.299. The van der Waals surface area contributed by atoms with E-state index in [1.165, 1.54) is 4.31 Å². The number of alkyl halides is 4. The lowest BCUT2D eigenvalue weighted by atomic mass is 9.95. The highest BCUT2D eigenvalue weighted by Crippen LogP contribution is 2.40. The summed E-state index contributed by atoms with van der Waals surface area (Å²) in [6.07, 6.45) is 0.342. The molecule has 118 valence electrons. The van der Waals surface area contributed by atoms with Crippen LogP contribution in [0.25, 0.3) is 0 Å². The molecule has 0 saturated carbocycles. The molecule has 0 aromatic heterocycles. The zero-order valence-electron chi connectivity index (χ0n) is 11.1. The Hall–Kier alpha value is 0.480. The molecule has 0 aliphatic carbocycles. The van der Waals surface area contributed by atoms with Crippen molar-refractivity contribution in [3.8, 4) is 0 Å². The molecular formula is C13H15BrCl3NO2S. The molecule has 1 heterocycles. The fourth-order valence-corrected chi connectivity index (χ4v) is 5.44. The fourth-order valence-electron chi connectivity index (χ4n) is 2.54. The Morgan fingerprint density at radius 3 is 2.24 bits per heavy atom. The summed E-state index contributed by atoms with van der Waals surface area (Å²) in [5.41, 5.74) is 0. The minimum absolute atomic E-state index is 0.0235. The molecule has 1 aliphatic rings. The van der Waals surface area contributed by atoms with Crippen molar-refractivity contribution < 1.29 is 8.42 Å². The van der Waals surface area contributed by atoms with Crippen LogP contribution in [0.2, 0.25) is 0 Å². The average molecular weight is 436 g/mol. The minimum atomic E-state index is -3.49. The lowest BCUT2D eigenvalue weighted by Gasteiger charge is -2.20. The van der Waals surface area contributed by atoms with Gasteiger partial charge in [0.15, 0.2) is 3.79 Å². The molecule has 0 spiro atoms. The van der Waals surface area contributed by atoms with Gasteiger partial charge in [-0.25, -0.2) is 8.42 Å².